The Balaban J connectivity index is 1.88. The van der Waals surface area contributed by atoms with Gasteiger partial charge in [-0.05, 0) is 39.3 Å². The van der Waals surface area contributed by atoms with Crippen LogP contribution in [0.5, 0.6) is 0 Å². The molecule has 0 amide bonds. The van der Waals surface area contributed by atoms with Crippen molar-refractivity contribution in [2.24, 2.45) is 0 Å². The van der Waals surface area contributed by atoms with Crippen LogP contribution in [0.3, 0.4) is 0 Å². The molecule has 0 unspecified atom stereocenters. The zero-order valence-corrected chi connectivity index (χ0v) is 9.51. The van der Waals surface area contributed by atoms with Gasteiger partial charge in [0.15, 0.2) is 0 Å². The van der Waals surface area contributed by atoms with E-state index in [-0.39, 0.29) is 0 Å². The van der Waals surface area contributed by atoms with Gasteiger partial charge in [0.25, 0.3) is 0 Å². The molecule has 0 atom stereocenters. The van der Waals surface area contributed by atoms with Crippen LogP contribution in [0.2, 0.25) is 0 Å². The van der Waals surface area contributed by atoms with E-state index in [1.165, 1.54) is 24.8 Å². The van der Waals surface area contributed by atoms with Gasteiger partial charge in [0.05, 0.1) is 19.3 Å². The van der Waals surface area contributed by atoms with Crippen molar-refractivity contribution in [3.8, 4) is 0 Å². The van der Waals surface area contributed by atoms with Gasteiger partial charge in [0.1, 0.15) is 11.5 Å². The number of furan rings is 1. The van der Waals surface area contributed by atoms with E-state index in [1.807, 2.05) is 14.0 Å². The Morgan fingerprint density at radius 3 is 2.93 bits per heavy atom. The highest BCUT2D eigenvalue weighted by Crippen LogP contribution is 2.24. The van der Waals surface area contributed by atoms with E-state index in [0.717, 1.165) is 18.1 Å². The number of nitrogens with one attached hydrogen (secondary N) is 1. The summed E-state index contributed by atoms with van der Waals surface area (Å²) in [6, 6.07) is 2.09. The fraction of sp³-hybridized carbons (Fsp3) is 0.667. The third-order valence-electron chi connectivity index (χ3n) is 2.95. The third kappa shape index (κ3) is 2.61. The van der Waals surface area contributed by atoms with Gasteiger partial charge >= 0.3 is 0 Å². The van der Waals surface area contributed by atoms with Gasteiger partial charge in [0.2, 0.25) is 0 Å². The largest absolute Gasteiger partial charge is 0.465 e. The maximum atomic E-state index is 5.76. The average molecular weight is 209 g/mol. The average Bonchev–Trinajstić information content (AvgIpc) is 2.45. The molecule has 0 bridgehead atoms. The number of hydrogen-bond acceptors (Lipinski definition) is 3. The number of hydrogen-bond donors (Lipinski definition) is 1. The summed E-state index contributed by atoms with van der Waals surface area (Å²) >= 11 is 0. The highest BCUT2D eigenvalue weighted by molar-refractivity contribution is 5.19. The number of aryl methyl sites for hydroxylation is 1. The molecule has 0 saturated heterocycles. The topological polar surface area (TPSA) is 34.4 Å². The Labute approximate surface area is 90.8 Å². The molecule has 84 valence electrons. The van der Waals surface area contributed by atoms with Crippen molar-refractivity contribution < 1.29 is 9.15 Å². The minimum atomic E-state index is 0.493. The van der Waals surface area contributed by atoms with E-state index in [1.54, 1.807) is 0 Å². The Bertz CT molecular complexity index is 315. The summed E-state index contributed by atoms with van der Waals surface area (Å²) in [6.45, 7) is 3.48. The standard InChI is InChI=1S/C12H19NO2/c1-9-10(6-12(15-9)7-13-2)8-14-11-4-3-5-11/h6,11,13H,3-5,7-8H2,1-2H3. The fourth-order valence-corrected chi connectivity index (χ4v) is 1.74. The number of rotatable bonds is 5. The molecule has 0 spiro atoms. The van der Waals surface area contributed by atoms with Gasteiger partial charge in [0, 0.05) is 5.56 Å². The maximum absolute atomic E-state index is 5.76. The molecule has 1 aliphatic carbocycles. The highest BCUT2D eigenvalue weighted by atomic mass is 16.5. The van der Waals surface area contributed by atoms with E-state index in [0.29, 0.717) is 12.7 Å². The lowest BCUT2D eigenvalue weighted by atomic mass is 9.96. The zero-order chi connectivity index (χ0) is 10.7. The van der Waals surface area contributed by atoms with E-state index < -0.39 is 0 Å². The summed E-state index contributed by atoms with van der Waals surface area (Å²) in [4.78, 5) is 0. The van der Waals surface area contributed by atoms with Crippen LogP contribution >= 0.6 is 0 Å². The highest BCUT2D eigenvalue weighted by Gasteiger charge is 2.18. The minimum absolute atomic E-state index is 0.493. The fourth-order valence-electron chi connectivity index (χ4n) is 1.74. The molecule has 15 heavy (non-hydrogen) atoms. The SMILES string of the molecule is CNCc1cc(COC2CCC2)c(C)o1. The first-order chi connectivity index (χ1) is 7.29. The molecule has 3 heteroatoms. The first kappa shape index (κ1) is 10.7. The van der Waals surface area contributed by atoms with E-state index in [4.69, 9.17) is 9.15 Å². The summed E-state index contributed by atoms with van der Waals surface area (Å²) in [6.07, 6.45) is 4.26. The van der Waals surface area contributed by atoms with Crippen LogP contribution in [0, 0.1) is 6.92 Å². The van der Waals surface area contributed by atoms with Crippen LogP contribution in [0.15, 0.2) is 10.5 Å². The second kappa shape index (κ2) is 4.81. The van der Waals surface area contributed by atoms with Crippen LogP contribution < -0.4 is 5.32 Å². The molecule has 0 aromatic carbocycles. The zero-order valence-electron chi connectivity index (χ0n) is 9.51. The van der Waals surface area contributed by atoms with Crippen molar-refractivity contribution in [2.75, 3.05) is 7.05 Å². The summed E-state index contributed by atoms with van der Waals surface area (Å²) < 4.78 is 11.4. The van der Waals surface area contributed by atoms with E-state index >= 15 is 0 Å². The molecular formula is C12H19NO2. The molecule has 1 aliphatic rings. The molecule has 1 aromatic rings. The molecule has 0 radical (unpaired) electrons. The Morgan fingerprint density at radius 1 is 1.53 bits per heavy atom. The van der Waals surface area contributed by atoms with Crippen molar-refractivity contribution in [2.45, 2.75) is 45.4 Å². The lowest BCUT2D eigenvalue weighted by Gasteiger charge is -2.25. The number of ether oxygens (including phenoxy) is 1. The Morgan fingerprint density at radius 2 is 2.33 bits per heavy atom. The first-order valence-electron chi connectivity index (χ1n) is 5.64. The molecule has 3 nitrogen and oxygen atoms in total. The van der Waals surface area contributed by atoms with Crippen molar-refractivity contribution in [1.82, 2.24) is 5.32 Å². The molecule has 2 rings (SSSR count). The molecule has 1 saturated carbocycles. The van der Waals surface area contributed by atoms with Crippen molar-refractivity contribution >= 4 is 0 Å². The summed E-state index contributed by atoms with van der Waals surface area (Å²) in [5, 5.41) is 3.08. The first-order valence-corrected chi connectivity index (χ1v) is 5.64. The molecule has 1 N–H and O–H groups in total. The molecule has 0 aliphatic heterocycles. The van der Waals surface area contributed by atoms with Crippen molar-refractivity contribution in [3.63, 3.8) is 0 Å². The third-order valence-corrected chi connectivity index (χ3v) is 2.95. The monoisotopic (exact) mass is 209 g/mol. The molecule has 1 heterocycles. The summed E-state index contributed by atoms with van der Waals surface area (Å²) in [7, 11) is 1.92. The van der Waals surface area contributed by atoms with Gasteiger partial charge in [-0.3, -0.25) is 0 Å². The Hall–Kier alpha value is -0.800. The minimum Gasteiger partial charge on any atom is -0.465 e. The lowest BCUT2D eigenvalue weighted by Crippen LogP contribution is -2.21. The van der Waals surface area contributed by atoms with Gasteiger partial charge < -0.3 is 14.5 Å². The van der Waals surface area contributed by atoms with Gasteiger partial charge in [-0.15, -0.1) is 0 Å². The van der Waals surface area contributed by atoms with Crippen LogP contribution in [-0.4, -0.2) is 13.2 Å². The summed E-state index contributed by atoms with van der Waals surface area (Å²) in [5.74, 6) is 1.97. The van der Waals surface area contributed by atoms with E-state index in [9.17, 15) is 0 Å². The predicted octanol–water partition coefficient (Wildman–Crippen LogP) is 2.38. The molecule has 1 aromatic heterocycles. The molecule has 1 fully saturated rings. The maximum Gasteiger partial charge on any atom is 0.118 e. The van der Waals surface area contributed by atoms with Gasteiger partial charge in [-0.25, -0.2) is 0 Å². The second-order valence-corrected chi connectivity index (χ2v) is 4.19. The van der Waals surface area contributed by atoms with Gasteiger partial charge in [-0.2, -0.15) is 0 Å². The van der Waals surface area contributed by atoms with Crippen molar-refractivity contribution in [3.05, 3.63) is 23.2 Å². The normalized spacial score (nSPS) is 16.7. The van der Waals surface area contributed by atoms with Crippen LogP contribution in [0.25, 0.3) is 0 Å². The Kier molecular flexibility index (Phi) is 3.44. The van der Waals surface area contributed by atoms with Gasteiger partial charge in [-0.1, -0.05) is 0 Å². The smallest absolute Gasteiger partial charge is 0.118 e. The lowest BCUT2D eigenvalue weighted by molar-refractivity contribution is -0.00908. The second-order valence-electron chi connectivity index (χ2n) is 4.19. The predicted molar refractivity (Wildman–Crippen MR) is 58.6 cm³/mol. The molecular weight excluding hydrogens is 190 g/mol. The summed E-state index contributed by atoms with van der Waals surface area (Å²) in [5.41, 5.74) is 1.19. The van der Waals surface area contributed by atoms with Crippen LogP contribution in [0.1, 0.15) is 36.3 Å². The quantitative estimate of drug-likeness (QED) is 0.808. The van der Waals surface area contributed by atoms with Crippen LogP contribution in [0.4, 0.5) is 0 Å². The van der Waals surface area contributed by atoms with E-state index in [2.05, 4.69) is 11.4 Å². The van der Waals surface area contributed by atoms with Crippen molar-refractivity contribution in [1.29, 1.82) is 0 Å². The van der Waals surface area contributed by atoms with Crippen LogP contribution in [-0.2, 0) is 17.9 Å².